The quantitative estimate of drug-likeness (QED) is 0.198. The van der Waals surface area contributed by atoms with E-state index in [4.69, 9.17) is 0 Å². The molecule has 11 heteroatoms. The average Bonchev–Trinajstić information content (AvgIpc) is 3.94. The van der Waals surface area contributed by atoms with Gasteiger partial charge >= 0.3 is 6.03 Å². The van der Waals surface area contributed by atoms with Gasteiger partial charge in [0.15, 0.2) is 5.78 Å². The molecule has 1 aliphatic carbocycles. The van der Waals surface area contributed by atoms with Crippen LogP contribution in [0.3, 0.4) is 0 Å². The Bertz CT molecular complexity index is 1010. The molecule has 0 spiro atoms. The second-order valence-corrected chi connectivity index (χ2v) is 12.2. The Morgan fingerprint density at radius 2 is 1.02 bits per heavy atom. The highest BCUT2D eigenvalue weighted by Gasteiger charge is 2.22. The molecule has 4 amide bonds. The van der Waals surface area contributed by atoms with Gasteiger partial charge < -0.3 is 36.0 Å². The Morgan fingerprint density at radius 3 is 1.30 bits per heavy atom. The predicted molar refractivity (Wildman–Crippen MR) is 246 cm³/mol. The van der Waals surface area contributed by atoms with Crippen LogP contribution < -0.4 is 21.3 Å². The van der Waals surface area contributed by atoms with Crippen molar-refractivity contribution in [1.29, 1.82) is 0 Å². The number of likely N-dealkylation sites (tertiary alicyclic amines) is 3. The zero-order valence-corrected chi connectivity index (χ0v) is 40.5. The van der Waals surface area contributed by atoms with Crippen molar-refractivity contribution >= 4 is 23.6 Å². The van der Waals surface area contributed by atoms with Gasteiger partial charge in [-0.15, -0.1) is 0 Å². The van der Waals surface area contributed by atoms with Crippen LogP contribution in [0, 0.1) is 0 Å². The number of hydrogen-bond donors (Lipinski definition) is 4. The zero-order valence-electron chi connectivity index (χ0n) is 40.5. The van der Waals surface area contributed by atoms with Crippen molar-refractivity contribution in [2.75, 3.05) is 60.4 Å². The van der Waals surface area contributed by atoms with Crippen molar-refractivity contribution in [3.05, 3.63) is 35.6 Å². The van der Waals surface area contributed by atoms with Crippen LogP contribution in [0.2, 0.25) is 0 Å². The summed E-state index contributed by atoms with van der Waals surface area (Å²) in [7, 11) is 6.23. The molecule has 334 valence electrons. The summed E-state index contributed by atoms with van der Waals surface area (Å²) < 4.78 is 0. The summed E-state index contributed by atoms with van der Waals surface area (Å²) in [5, 5.41) is 11.8. The number of nitrogens with zero attached hydrogens (tertiary/aromatic N) is 3. The monoisotopic (exact) mass is 798 g/mol. The van der Waals surface area contributed by atoms with Gasteiger partial charge in [-0.25, -0.2) is 4.79 Å². The summed E-state index contributed by atoms with van der Waals surface area (Å²) in [4.78, 5) is 50.0. The van der Waals surface area contributed by atoms with Gasteiger partial charge in [0.1, 0.15) is 0 Å². The Kier molecular flexibility index (Phi) is 55.7. The molecular formula is C45H95N7O4. The smallest absolute Gasteiger partial charge is 0.319 e. The molecule has 3 heterocycles. The van der Waals surface area contributed by atoms with E-state index < -0.39 is 0 Å². The lowest BCUT2D eigenvalue weighted by atomic mass is 10.1. The lowest BCUT2D eigenvalue weighted by Crippen LogP contribution is -2.43. The second-order valence-electron chi connectivity index (χ2n) is 12.2. The van der Waals surface area contributed by atoms with E-state index in [1.807, 2.05) is 104 Å². The number of rotatable bonds is 6. The molecule has 3 saturated heterocycles. The van der Waals surface area contributed by atoms with Gasteiger partial charge in [0.05, 0.1) is 0 Å². The van der Waals surface area contributed by atoms with E-state index in [1.165, 1.54) is 13.0 Å². The van der Waals surface area contributed by atoms with E-state index in [2.05, 4.69) is 69.3 Å². The topological polar surface area (TPSA) is 126 Å². The van der Waals surface area contributed by atoms with Crippen LogP contribution in [0.4, 0.5) is 4.79 Å². The van der Waals surface area contributed by atoms with Gasteiger partial charge in [-0.1, -0.05) is 108 Å². The number of amides is 4. The Hall–Kier alpha value is -3.02. The maximum absolute atomic E-state index is 11.8. The number of hydrogen-bond acceptors (Lipinski definition) is 7. The van der Waals surface area contributed by atoms with Gasteiger partial charge in [0, 0.05) is 56.8 Å². The molecule has 0 aromatic carbocycles. The van der Waals surface area contributed by atoms with Gasteiger partial charge in [0.2, 0.25) is 11.8 Å². The lowest BCUT2D eigenvalue weighted by molar-refractivity contribution is -0.121. The summed E-state index contributed by atoms with van der Waals surface area (Å²) >= 11 is 0. The Morgan fingerprint density at radius 1 is 0.643 bits per heavy atom. The molecule has 3 fully saturated rings. The molecule has 4 rings (SSSR count). The molecule has 11 nitrogen and oxygen atoms in total. The number of nitrogens with one attached hydrogen (secondary N) is 4. The fourth-order valence-electron chi connectivity index (χ4n) is 5.30. The summed E-state index contributed by atoms with van der Waals surface area (Å²) in [6, 6.07) is 0.995. The number of urea groups is 1. The maximum atomic E-state index is 11.8. The first-order valence-electron chi connectivity index (χ1n) is 22.0. The molecule has 4 N–H and O–H groups in total. The van der Waals surface area contributed by atoms with Gasteiger partial charge in [-0.3, -0.25) is 14.4 Å². The number of carbonyl (C=O) groups is 4. The maximum Gasteiger partial charge on any atom is 0.319 e. The first-order chi connectivity index (χ1) is 26.8. The van der Waals surface area contributed by atoms with Gasteiger partial charge in [0.25, 0.3) is 0 Å². The molecule has 0 aromatic rings. The highest BCUT2D eigenvalue weighted by atomic mass is 16.2. The van der Waals surface area contributed by atoms with E-state index in [0.29, 0.717) is 18.5 Å². The van der Waals surface area contributed by atoms with Crippen LogP contribution in [-0.2, 0) is 14.4 Å². The fraction of sp³-hybridized carbons (Fsp3) is 0.778. The van der Waals surface area contributed by atoms with E-state index in [9.17, 15) is 19.2 Å². The molecule has 0 saturated carbocycles. The van der Waals surface area contributed by atoms with E-state index in [-0.39, 0.29) is 29.7 Å². The summed E-state index contributed by atoms with van der Waals surface area (Å²) in [5.41, 5.74) is 2.12. The fourth-order valence-corrected chi connectivity index (χ4v) is 5.30. The highest BCUT2D eigenvalue weighted by molar-refractivity contribution is 5.87. The van der Waals surface area contributed by atoms with Crippen LogP contribution in [-0.4, -0.2) is 117 Å². The largest absolute Gasteiger partial charge is 0.352 e. The number of carbonyl (C=O) groups excluding carboxylic acids is 4. The normalized spacial score (nSPS) is 19.1. The Balaban J connectivity index is -0.000000142. The van der Waals surface area contributed by atoms with Crippen molar-refractivity contribution in [2.45, 2.75) is 174 Å². The Labute approximate surface area is 348 Å². The minimum absolute atomic E-state index is 0.0776. The SMILES string of the molecule is C/C=C/C(C)=O.CC.CC.CC.CC.CC.CC.CC(=O)NC1CCN(C)C1.CC1=CCCC=C1NC(=O)NC1CCN(C)C1.CCC(=O)NC1CCN(C)C1. The van der Waals surface area contributed by atoms with Crippen LogP contribution in [0.1, 0.15) is 156 Å². The predicted octanol–water partition coefficient (Wildman–Crippen LogP) is 8.97. The van der Waals surface area contributed by atoms with E-state index in [0.717, 1.165) is 82.6 Å². The lowest BCUT2D eigenvalue weighted by Gasteiger charge is -2.17. The number of allylic oxidation sites excluding steroid dienone is 5. The molecule has 56 heavy (non-hydrogen) atoms. The number of ketones is 1. The van der Waals surface area contributed by atoms with Crippen LogP contribution >= 0.6 is 0 Å². The van der Waals surface area contributed by atoms with Crippen LogP contribution in [0.25, 0.3) is 0 Å². The number of likely N-dealkylation sites (N-methyl/N-ethyl adjacent to an activating group) is 3. The minimum Gasteiger partial charge on any atom is -0.352 e. The zero-order chi connectivity index (χ0) is 45.1. The molecule has 0 radical (unpaired) electrons. The molecule has 3 unspecified atom stereocenters. The van der Waals surface area contributed by atoms with Crippen molar-refractivity contribution in [1.82, 2.24) is 36.0 Å². The summed E-state index contributed by atoms with van der Waals surface area (Å²) in [6.45, 7) is 39.1. The van der Waals surface area contributed by atoms with Gasteiger partial charge in [-0.2, -0.15) is 0 Å². The first kappa shape index (κ1) is 64.9. The second kappa shape index (κ2) is 48.1. The van der Waals surface area contributed by atoms with Crippen molar-refractivity contribution in [3.8, 4) is 0 Å². The molecular weight excluding hydrogens is 703 g/mol. The third-order valence-electron chi connectivity index (χ3n) is 7.64. The van der Waals surface area contributed by atoms with Crippen LogP contribution in [0.15, 0.2) is 35.6 Å². The molecule has 3 atom stereocenters. The standard InChI is InChI=1S/C13H21N3O.C8H16N2O.C7H14N2O.C5H8O.6C2H6/c1-10-5-3-4-6-12(10)15-13(17)14-11-7-8-16(2)9-11;1-3-8(11)9-7-4-5-10(2)6-7;1-6(10)8-7-3-4-9(2)5-7;1-3-4-5(2)6;6*1-2/h5-6,11H,3-4,7-9H2,1-2H3,(H2,14,15,17);7H,3-6H2,1-2H3,(H,9,11);7H,3-5H2,1-2H3,(H,8,10);3-4H,1-2H3;6*1-2H3/b;;;4-3+;;;;;;. The van der Waals surface area contributed by atoms with E-state index >= 15 is 0 Å². The third-order valence-corrected chi connectivity index (χ3v) is 7.64. The van der Waals surface area contributed by atoms with E-state index in [1.54, 1.807) is 13.0 Å². The van der Waals surface area contributed by atoms with Crippen LogP contribution in [0.5, 0.6) is 0 Å². The molecule has 0 aromatic heterocycles. The molecule has 3 aliphatic heterocycles. The highest BCUT2D eigenvalue weighted by Crippen LogP contribution is 2.15. The van der Waals surface area contributed by atoms with Crippen molar-refractivity contribution < 1.29 is 19.2 Å². The molecule has 4 aliphatic rings. The summed E-state index contributed by atoms with van der Waals surface area (Å²) in [5.74, 6) is 0.364. The van der Waals surface area contributed by atoms with Crippen molar-refractivity contribution in [2.24, 2.45) is 0 Å². The summed E-state index contributed by atoms with van der Waals surface area (Å²) in [6.07, 6.45) is 13.4. The third kappa shape index (κ3) is 40.6. The average molecular weight is 798 g/mol. The van der Waals surface area contributed by atoms with Crippen molar-refractivity contribution in [3.63, 3.8) is 0 Å². The first-order valence-corrected chi connectivity index (χ1v) is 22.0. The minimum atomic E-state index is -0.0776. The van der Waals surface area contributed by atoms with Gasteiger partial charge in [-0.05, 0) is 105 Å². The molecule has 0 bridgehead atoms.